The summed E-state index contributed by atoms with van der Waals surface area (Å²) in [7, 11) is 3.91. The molecule has 1 amide bonds. The zero-order chi connectivity index (χ0) is 29.2. The lowest BCUT2D eigenvalue weighted by Crippen LogP contribution is -2.19. The van der Waals surface area contributed by atoms with E-state index in [2.05, 4.69) is 30.5 Å². The number of hydrogen-bond donors (Lipinski definition) is 3. The number of carbonyl (C=O) groups is 1. The number of aromatic amines is 2. The monoisotopic (exact) mass is 564 g/mol. The van der Waals surface area contributed by atoms with E-state index in [9.17, 15) is 9.18 Å². The van der Waals surface area contributed by atoms with E-state index in [1.807, 2.05) is 49.3 Å². The molecule has 10 nitrogen and oxygen atoms in total. The number of carbonyl (C=O) groups excluding carboxylic acids is 1. The van der Waals surface area contributed by atoms with Gasteiger partial charge in [-0.05, 0) is 56.1 Å². The molecule has 11 heteroatoms. The molecule has 42 heavy (non-hydrogen) atoms. The summed E-state index contributed by atoms with van der Waals surface area (Å²) in [6, 6.07) is 12.3. The zero-order valence-corrected chi connectivity index (χ0v) is 23.4. The molecule has 1 aromatic carbocycles. The van der Waals surface area contributed by atoms with Crippen LogP contribution >= 0.6 is 0 Å². The van der Waals surface area contributed by atoms with Crippen LogP contribution in [0.2, 0.25) is 0 Å². The van der Waals surface area contributed by atoms with Crippen LogP contribution in [-0.2, 0) is 4.79 Å². The van der Waals surface area contributed by atoms with Crippen LogP contribution in [0, 0.1) is 5.82 Å². The lowest BCUT2D eigenvalue weighted by Gasteiger charge is -2.12. The normalized spacial score (nSPS) is 11.5. The molecule has 5 heterocycles. The Hall–Kier alpha value is -5.16. The molecular formula is C31H29FN8O2. The molecule has 0 aliphatic heterocycles. The van der Waals surface area contributed by atoms with E-state index in [0.29, 0.717) is 46.9 Å². The van der Waals surface area contributed by atoms with Gasteiger partial charge in [-0.3, -0.25) is 19.9 Å². The molecule has 0 radical (unpaired) electrons. The van der Waals surface area contributed by atoms with Crippen LogP contribution in [-0.4, -0.2) is 68.2 Å². The van der Waals surface area contributed by atoms with Crippen LogP contribution in [0.15, 0.2) is 67.3 Å². The lowest BCUT2D eigenvalue weighted by atomic mass is 10.0. The molecule has 0 unspecified atom stereocenters. The minimum absolute atomic E-state index is 0.0894. The van der Waals surface area contributed by atoms with E-state index < -0.39 is 0 Å². The maximum Gasteiger partial charge on any atom is 0.224 e. The van der Waals surface area contributed by atoms with Crippen LogP contribution in [0.1, 0.15) is 13.3 Å². The Morgan fingerprint density at radius 3 is 2.69 bits per heavy atom. The molecule has 0 spiro atoms. The number of aromatic nitrogens is 6. The maximum absolute atomic E-state index is 14.6. The first-order valence-electron chi connectivity index (χ1n) is 13.5. The molecule has 0 saturated heterocycles. The topological polar surface area (TPSA) is 125 Å². The van der Waals surface area contributed by atoms with Crippen molar-refractivity contribution < 1.29 is 13.9 Å². The van der Waals surface area contributed by atoms with Gasteiger partial charge in [-0.15, -0.1) is 0 Å². The maximum atomic E-state index is 14.6. The highest BCUT2D eigenvalue weighted by Crippen LogP contribution is 2.35. The number of H-pyrrole nitrogens is 2. The number of ether oxygens (including phenoxy) is 1. The summed E-state index contributed by atoms with van der Waals surface area (Å²) in [5.74, 6) is -0.0149. The van der Waals surface area contributed by atoms with Crippen LogP contribution in [0.4, 0.5) is 10.1 Å². The van der Waals surface area contributed by atoms with E-state index >= 15 is 0 Å². The highest BCUT2D eigenvalue weighted by molar-refractivity contribution is 6.00. The van der Waals surface area contributed by atoms with Gasteiger partial charge < -0.3 is 19.9 Å². The average Bonchev–Trinajstić information content (AvgIpc) is 3.60. The Bertz CT molecular complexity index is 1910. The second kappa shape index (κ2) is 11.4. The van der Waals surface area contributed by atoms with Crippen molar-refractivity contribution in [3.05, 3.63) is 73.1 Å². The van der Waals surface area contributed by atoms with Gasteiger partial charge in [0.05, 0.1) is 40.5 Å². The van der Waals surface area contributed by atoms with E-state index in [0.717, 1.165) is 39.8 Å². The number of nitrogens with one attached hydrogen (secondary N) is 3. The highest BCUT2D eigenvalue weighted by atomic mass is 19.1. The highest BCUT2D eigenvalue weighted by Gasteiger charge is 2.17. The van der Waals surface area contributed by atoms with Crippen molar-refractivity contribution in [3.8, 4) is 39.5 Å². The van der Waals surface area contributed by atoms with Gasteiger partial charge in [-0.25, -0.2) is 9.37 Å². The molecule has 0 aliphatic rings. The standard InChI is InChI=1S/C31H29FN8O2/c1-4-29(41)35-21-10-19(14-33-15-21)25-5-6-26-30(37-25)31(39-38-26)27-13-23-24(16-34-17-28(23)36-27)18-9-20(32)12-22(11-18)42-8-7-40(2)3/h5-6,9-17,36H,4,7-8H2,1-3H3,(H,35,41)(H,38,39). The smallest absolute Gasteiger partial charge is 0.224 e. The molecule has 0 fully saturated rings. The van der Waals surface area contributed by atoms with Crippen LogP contribution in [0.5, 0.6) is 5.75 Å². The third-order valence-electron chi connectivity index (χ3n) is 6.84. The van der Waals surface area contributed by atoms with Crippen LogP contribution in [0.3, 0.4) is 0 Å². The fourth-order valence-electron chi connectivity index (χ4n) is 4.70. The molecule has 6 rings (SSSR count). The third kappa shape index (κ3) is 5.54. The second-order valence-electron chi connectivity index (χ2n) is 10.2. The minimum atomic E-state index is -0.386. The number of pyridine rings is 3. The van der Waals surface area contributed by atoms with Gasteiger partial charge in [0.15, 0.2) is 0 Å². The number of nitrogens with zero attached hydrogens (tertiary/aromatic N) is 5. The molecule has 0 saturated carbocycles. The van der Waals surface area contributed by atoms with Crippen molar-refractivity contribution in [2.75, 3.05) is 32.6 Å². The molecule has 3 N–H and O–H groups in total. The van der Waals surface area contributed by atoms with Crippen molar-refractivity contribution in [2.45, 2.75) is 13.3 Å². The summed E-state index contributed by atoms with van der Waals surface area (Å²) in [6.45, 7) is 2.96. The van der Waals surface area contributed by atoms with Gasteiger partial charge in [0.2, 0.25) is 5.91 Å². The predicted octanol–water partition coefficient (Wildman–Crippen LogP) is 5.66. The Labute approximate surface area is 241 Å². The molecule has 212 valence electrons. The van der Waals surface area contributed by atoms with E-state index in [1.165, 1.54) is 12.1 Å². The van der Waals surface area contributed by atoms with Gasteiger partial charge >= 0.3 is 0 Å². The quantitative estimate of drug-likeness (QED) is 0.207. The van der Waals surface area contributed by atoms with Crippen LogP contribution < -0.4 is 10.1 Å². The Morgan fingerprint density at radius 1 is 1.00 bits per heavy atom. The summed E-state index contributed by atoms with van der Waals surface area (Å²) >= 11 is 0. The number of rotatable bonds is 9. The molecule has 0 bridgehead atoms. The third-order valence-corrected chi connectivity index (χ3v) is 6.84. The Kier molecular flexibility index (Phi) is 7.32. The van der Waals surface area contributed by atoms with Crippen molar-refractivity contribution in [3.63, 3.8) is 0 Å². The first-order valence-corrected chi connectivity index (χ1v) is 13.5. The van der Waals surface area contributed by atoms with E-state index in [-0.39, 0.29) is 11.7 Å². The molecule has 0 aliphatic carbocycles. The zero-order valence-electron chi connectivity index (χ0n) is 23.4. The first kappa shape index (κ1) is 27.0. The first-order chi connectivity index (χ1) is 20.4. The summed E-state index contributed by atoms with van der Waals surface area (Å²) in [5.41, 5.74) is 7.04. The number of likely N-dealkylation sites (N-methyl/N-ethyl adjacent to an activating group) is 1. The Balaban J connectivity index is 1.36. The fourth-order valence-corrected chi connectivity index (χ4v) is 4.70. The molecule has 6 aromatic rings. The number of fused-ring (bicyclic) bond motifs is 2. The summed E-state index contributed by atoms with van der Waals surface area (Å²) in [4.78, 5) is 30.8. The SMILES string of the molecule is CCC(=O)Nc1cncc(-c2ccc3[nH]nc(-c4cc5c(-c6cc(F)cc(OCCN(C)C)c6)cncc5[nH]4)c3n2)c1. The van der Waals surface area contributed by atoms with Crippen molar-refractivity contribution in [1.29, 1.82) is 0 Å². The van der Waals surface area contributed by atoms with Crippen LogP contribution in [0.25, 0.3) is 55.7 Å². The minimum Gasteiger partial charge on any atom is -0.492 e. The number of amides is 1. The number of benzene rings is 1. The largest absolute Gasteiger partial charge is 0.492 e. The van der Waals surface area contributed by atoms with Gasteiger partial charge in [-0.1, -0.05) is 6.92 Å². The van der Waals surface area contributed by atoms with Gasteiger partial charge in [-0.2, -0.15) is 5.10 Å². The van der Waals surface area contributed by atoms with Crippen molar-refractivity contribution in [2.24, 2.45) is 0 Å². The summed E-state index contributed by atoms with van der Waals surface area (Å²) < 4.78 is 20.4. The summed E-state index contributed by atoms with van der Waals surface area (Å²) in [6.07, 6.45) is 7.13. The molecule has 5 aromatic heterocycles. The van der Waals surface area contributed by atoms with E-state index in [4.69, 9.17) is 9.72 Å². The second-order valence-corrected chi connectivity index (χ2v) is 10.2. The van der Waals surface area contributed by atoms with Crippen molar-refractivity contribution in [1.82, 2.24) is 35.0 Å². The number of hydrogen-bond acceptors (Lipinski definition) is 7. The Morgan fingerprint density at radius 2 is 1.86 bits per heavy atom. The predicted molar refractivity (Wildman–Crippen MR) is 161 cm³/mol. The molecule has 0 atom stereocenters. The van der Waals surface area contributed by atoms with E-state index in [1.54, 1.807) is 31.7 Å². The molecular weight excluding hydrogens is 535 g/mol. The van der Waals surface area contributed by atoms with Crippen molar-refractivity contribution >= 4 is 33.5 Å². The van der Waals surface area contributed by atoms with Gasteiger partial charge in [0, 0.05) is 47.9 Å². The number of halogens is 1. The van der Waals surface area contributed by atoms with Gasteiger partial charge in [0.25, 0.3) is 0 Å². The van der Waals surface area contributed by atoms with Gasteiger partial charge in [0.1, 0.15) is 29.4 Å². The number of anilines is 1. The average molecular weight is 565 g/mol. The summed E-state index contributed by atoms with van der Waals surface area (Å²) in [5, 5.41) is 11.3. The lowest BCUT2D eigenvalue weighted by molar-refractivity contribution is -0.115. The fraction of sp³-hybridized carbons (Fsp3) is 0.194.